The van der Waals surface area contributed by atoms with E-state index in [2.05, 4.69) is 49.2 Å². The lowest BCUT2D eigenvalue weighted by atomic mass is 10.2. The first kappa shape index (κ1) is 18.1. The highest BCUT2D eigenvalue weighted by atomic mass is 79.9. The number of benzene rings is 1. The Morgan fingerprint density at radius 3 is 2.68 bits per heavy atom. The minimum Gasteiger partial charge on any atom is -0.461 e. The third-order valence-corrected chi connectivity index (χ3v) is 3.09. The summed E-state index contributed by atoms with van der Waals surface area (Å²) in [4.78, 5) is 12.0. The SMILES string of the molecule is CCOC(=O)C(=N/Nc1ccccc1Br)/C(C)=N/NC(N)=S. The number of thiocarbonyl (C=S) groups is 1. The lowest BCUT2D eigenvalue weighted by Gasteiger charge is -2.08. The Morgan fingerprint density at radius 1 is 1.41 bits per heavy atom. The summed E-state index contributed by atoms with van der Waals surface area (Å²) in [7, 11) is 0. The lowest BCUT2D eigenvalue weighted by Crippen LogP contribution is -2.30. The first-order chi connectivity index (χ1) is 10.5. The molecule has 118 valence electrons. The predicted molar refractivity (Wildman–Crippen MR) is 94.9 cm³/mol. The van der Waals surface area contributed by atoms with Crippen LogP contribution in [-0.4, -0.2) is 29.1 Å². The van der Waals surface area contributed by atoms with Crippen LogP contribution in [0, 0.1) is 0 Å². The number of carbonyl (C=O) groups excluding carboxylic acids is 1. The number of carbonyl (C=O) groups is 1. The number of hydrazone groups is 2. The number of nitrogens with two attached hydrogens (primary N) is 1. The molecule has 9 heteroatoms. The van der Waals surface area contributed by atoms with Gasteiger partial charge in [0.1, 0.15) is 0 Å². The summed E-state index contributed by atoms with van der Waals surface area (Å²) in [5, 5.41) is 7.92. The van der Waals surface area contributed by atoms with Crippen molar-refractivity contribution in [3.8, 4) is 0 Å². The summed E-state index contributed by atoms with van der Waals surface area (Å²) < 4.78 is 5.76. The van der Waals surface area contributed by atoms with Gasteiger partial charge in [-0.05, 0) is 54.1 Å². The monoisotopic (exact) mass is 385 g/mol. The van der Waals surface area contributed by atoms with Crippen molar-refractivity contribution in [1.29, 1.82) is 0 Å². The average Bonchev–Trinajstić information content (AvgIpc) is 2.47. The Morgan fingerprint density at radius 2 is 2.09 bits per heavy atom. The summed E-state index contributed by atoms with van der Waals surface area (Å²) in [6, 6.07) is 7.35. The molecule has 22 heavy (non-hydrogen) atoms. The minimum absolute atomic E-state index is 0.0127. The van der Waals surface area contributed by atoms with Crippen LogP contribution in [0.2, 0.25) is 0 Å². The van der Waals surface area contributed by atoms with Gasteiger partial charge in [0.05, 0.1) is 18.0 Å². The molecule has 0 aliphatic heterocycles. The molecule has 0 atom stereocenters. The molecule has 0 aromatic heterocycles. The van der Waals surface area contributed by atoms with Crippen LogP contribution < -0.4 is 16.6 Å². The van der Waals surface area contributed by atoms with Gasteiger partial charge in [0.25, 0.3) is 0 Å². The minimum atomic E-state index is -0.604. The van der Waals surface area contributed by atoms with Crippen molar-refractivity contribution in [2.24, 2.45) is 15.9 Å². The molecule has 7 nitrogen and oxygen atoms in total. The number of esters is 1. The fraction of sp³-hybridized carbons (Fsp3) is 0.231. The second-order valence-electron chi connectivity index (χ2n) is 3.95. The topological polar surface area (TPSA) is 101 Å². The van der Waals surface area contributed by atoms with Crippen LogP contribution >= 0.6 is 28.1 Å². The highest BCUT2D eigenvalue weighted by molar-refractivity contribution is 9.10. The number of hydrogen-bond donors (Lipinski definition) is 3. The normalized spacial score (nSPS) is 11.8. The van der Waals surface area contributed by atoms with E-state index in [1.165, 1.54) is 0 Å². The number of ether oxygens (including phenoxy) is 1. The van der Waals surface area contributed by atoms with E-state index >= 15 is 0 Å². The molecule has 1 rings (SSSR count). The Hall–Kier alpha value is -2.00. The molecule has 0 radical (unpaired) electrons. The van der Waals surface area contributed by atoms with Crippen molar-refractivity contribution < 1.29 is 9.53 Å². The zero-order chi connectivity index (χ0) is 16.5. The van der Waals surface area contributed by atoms with E-state index in [4.69, 9.17) is 10.5 Å². The molecular formula is C13H16BrN5O2S. The Bertz CT molecular complexity index is 618. The largest absolute Gasteiger partial charge is 0.461 e. The number of anilines is 1. The van der Waals surface area contributed by atoms with Gasteiger partial charge in [-0.25, -0.2) is 4.79 Å². The number of hydrogen-bond acceptors (Lipinski definition) is 6. The van der Waals surface area contributed by atoms with Crippen LogP contribution in [0.1, 0.15) is 13.8 Å². The van der Waals surface area contributed by atoms with E-state index in [1.54, 1.807) is 19.9 Å². The molecule has 0 fully saturated rings. The van der Waals surface area contributed by atoms with Crippen molar-refractivity contribution in [2.75, 3.05) is 12.0 Å². The summed E-state index contributed by atoms with van der Waals surface area (Å²) >= 11 is 8.03. The predicted octanol–water partition coefficient (Wildman–Crippen LogP) is 1.99. The van der Waals surface area contributed by atoms with Gasteiger partial charge in [0.15, 0.2) is 10.8 Å². The standard InChI is InChI=1S/C13H16BrN5O2S/c1-3-21-12(20)11(8(2)16-19-13(15)22)18-17-10-7-5-4-6-9(10)14/h4-7,17H,3H2,1-2H3,(H3,15,19,22)/b16-8+,18-11+. The highest BCUT2D eigenvalue weighted by Crippen LogP contribution is 2.21. The van der Waals surface area contributed by atoms with Gasteiger partial charge in [0.2, 0.25) is 0 Å². The van der Waals surface area contributed by atoms with Gasteiger partial charge in [-0.2, -0.15) is 10.2 Å². The molecule has 1 aromatic rings. The fourth-order valence-electron chi connectivity index (χ4n) is 1.33. The first-order valence-electron chi connectivity index (χ1n) is 6.31. The van der Waals surface area contributed by atoms with Gasteiger partial charge in [-0.3, -0.25) is 10.9 Å². The summed E-state index contributed by atoms with van der Waals surface area (Å²) in [5.41, 5.74) is 11.5. The van der Waals surface area contributed by atoms with E-state index in [-0.39, 0.29) is 23.1 Å². The van der Waals surface area contributed by atoms with Crippen LogP contribution in [0.3, 0.4) is 0 Å². The second kappa shape index (κ2) is 9.11. The molecule has 0 aliphatic rings. The number of nitrogens with zero attached hydrogens (tertiary/aromatic N) is 2. The molecular weight excluding hydrogens is 370 g/mol. The van der Waals surface area contributed by atoms with E-state index < -0.39 is 5.97 Å². The number of halogens is 1. The molecule has 0 saturated carbocycles. The van der Waals surface area contributed by atoms with Gasteiger partial charge in [-0.15, -0.1) is 0 Å². The molecule has 0 amide bonds. The van der Waals surface area contributed by atoms with E-state index in [0.717, 1.165) is 4.47 Å². The molecule has 0 bridgehead atoms. The summed E-state index contributed by atoms with van der Waals surface area (Å²) in [5.74, 6) is -0.604. The number of para-hydroxylation sites is 1. The maximum atomic E-state index is 12.0. The maximum absolute atomic E-state index is 12.0. The Kier molecular flexibility index (Phi) is 7.47. The van der Waals surface area contributed by atoms with Gasteiger partial charge in [-0.1, -0.05) is 12.1 Å². The molecule has 0 unspecified atom stereocenters. The fourth-order valence-corrected chi connectivity index (χ4v) is 1.75. The van der Waals surface area contributed by atoms with E-state index in [9.17, 15) is 4.79 Å². The van der Waals surface area contributed by atoms with Crippen LogP contribution in [0.4, 0.5) is 5.69 Å². The third-order valence-electron chi connectivity index (χ3n) is 2.31. The molecule has 0 aliphatic carbocycles. The van der Waals surface area contributed by atoms with E-state index in [0.29, 0.717) is 5.69 Å². The first-order valence-corrected chi connectivity index (χ1v) is 7.51. The van der Waals surface area contributed by atoms with Crippen LogP contribution in [0.15, 0.2) is 38.9 Å². The van der Waals surface area contributed by atoms with Gasteiger partial charge < -0.3 is 10.5 Å². The van der Waals surface area contributed by atoms with Crippen LogP contribution in [-0.2, 0) is 9.53 Å². The quantitative estimate of drug-likeness (QED) is 0.299. The van der Waals surface area contributed by atoms with Crippen molar-refractivity contribution >= 4 is 56.3 Å². The highest BCUT2D eigenvalue weighted by Gasteiger charge is 2.17. The van der Waals surface area contributed by atoms with Crippen molar-refractivity contribution in [2.45, 2.75) is 13.8 Å². The van der Waals surface area contributed by atoms with Gasteiger partial charge >= 0.3 is 5.97 Å². The molecule has 1 aromatic carbocycles. The Balaban J connectivity index is 3.01. The van der Waals surface area contributed by atoms with Crippen molar-refractivity contribution in [1.82, 2.24) is 5.43 Å². The zero-order valence-corrected chi connectivity index (χ0v) is 14.5. The average molecular weight is 386 g/mol. The van der Waals surface area contributed by atoms with Gasteiger partial charge in [0, 0.05) is 4.47 Å². The van der Waals surface area contributed by atoms with Crippen LogP contribution in [0.25, 0.3) is 0 Å². The molecule has 0 heterocycles. The Labute approximate surface area is 142 Å². The van der Waals surface area contributed by atoms with Crippen molar-refractivity contribution in [3.63, 3.8) is 0 Å². The zero-order valence-electron chi connectivity index (χ0n) is 12.1. The molecule has 0 saturated heterocycles. The molecule has 4 N–H and O–H groups in total. The number of nitrogens with one attached hydrogen (secondary N) is 2. The maximum Gasteiger partial charge on any atom is 0.360 e. The number of rotatable bonds is 6. The van der Waals surface area contributed by atoms with Crippen molar-refractivity contribution in [3.05, 3.63) is 28.7 Å². The molecule has 0 spiro atoms. The van der Waals surface area contributed by atoms with Crippen LogP contribution in [0.5, 0.6) is 0 Å². The lowest BCUT2D eigenvalue weighted by molar-refractivity contribution is -0.134. The van der Waals surface area contributed by atoms with E-state index in [1.807, 2.05) is 18.2 Å². The second-order valence-corrected chi connectivity index (χ2v) is 5.24. The summed E-state index contributed by atoms with van der Waals surface area (Å²) in [6.07, 6.45) is 0. The summed E-state index contributed by atoms with van der Waals surface area (Å²) in [6.45, 7) is 3.52. The smallest absolute Gasteiger partial charge is 0.360 e. The third kappa shape index (κ3) is 5.78.